The molecule has 6 nitrogen and oxygen atoms in total. The van der Waals surface area contributed by atoms with Crippen molar-refractivity contribution >= 4 is 39.1 Å². The molecule has 0 aliphatic carbocycles. The Hall–Kier alpha value is -1.12. The molecule has 0 aromatic carbocycles. The number of hydrogen-bond donors (Lipinski definition) is 1. The van der Waals surface area contributed by atoms with Crippen LogP contribution in [0.3, 0.4) is 0 Å². The van der Waals surface area contributed by atoms with Crippen LogP contribution in [0.25, 0.3) is 0 Å². The molecular weight excluding hydrogens is 350 g/mol. The van der Waals surface area contributed by atoms with Crippen LogP contribution >= 0.6 is 27.3 Å². The molecule has 1 saturated heterocycles. The van der Waals surface area contributed by atoms with E-state index in [9.17, 15) is 9.59 Å². The number of methoxy groups -OCH3 is 1. The maximum Gasteiger partial charge on any atom is 0.334 e. The van der Waals surface area contributed by atoms with Gasteiger partial charge in [0, 0.05) is 11.4 Å². The van der Waals surface area contributed by atoms with E-state index in [1.165, 1.54) is 23.3 Å². The average molecular weight is 364 g/mol. The number of amides is 1. The van der Waals surface area contributed by atoms with E-state index in [0.29, 0.717) is 17.2 Å². The van der Waals surface area contributed by atoms with Gasteiger partial charge in [0.25, 0.3) is 5.91 Å². The second-order valence-electron chi connectivity index (χ2n) is 4.28. The lowest BCUT2D eigenvalue weighted by Gasteiger charge is -2.30. The zero-order valence-electron chi connectivity index (χ0n) is 11.0. The molecule has 1 atom stereocenters. The molecule has 1 aliphatic rings. The molecule has 1 amide bonds. The number of carboxylic acids is 1. The van der Waals surface area contributed by atoms with Crippen LogP contribution in [0.5, 0.6) is 5.75 Å². The maximum absolute atomic E-state index is 12.5. The molecule has 0 saturated carbocycles. The number of morpholine rings is 1. The third-order valence-electron chi connectivity index (χ3n) is 3.00. The van der Waals surface area contributed by atoms with Crippen molar-refractivity contribution in [2.24, 2.45) is 0 Å². The Kier molecular flexibility index (Phi) is 4.66. The summed E-state index contributed by atoms with van der Waals surface area (Å²) in [6.07, 6.45) is -0.969. The molecule has 20 heavy (non-hydrogen) atoms. The second-order valence-corrected chi connectivity index (χ2v) is 6.30. The van der Waals surface area contributed by atoms with Gasteiger partial charge in [0.05, 0.1) is 24.7 Å². The van der Waals surface area contributed by atoms with Gasteiger partial charge in [-0.15, -0.1) is 11.3 Å². The summed E-state index contributed by atoms with van der Waals surface area (Å²) in [6, 6.07) is 0. The average Bonchev–Trinajstić information content (AvgIpc) is 2.73. The van der Waals surface area contributed by atoms with Crippen molar-refractivity contribution in [1.29, 1.82) is 0 Å². The summed E-state index contributed by atoms with van der Waals surface area (Å²) in [4.78, 5) is 26.3. The number of carbonyl (C=O) groups is 2. The van der Waals surface area contributed by atoms with E-state index in [2.05, 4.69) is 15.9 Å². The summed E-state index contributed by atoms with van der Waals surface area (Å²) in [6.45, 7) is 2.52. The van der Waals surface area contributed by atoms with E-state index in [0.717, 1.165) is 9.35 Å². The fourth-order valence-corrected chi connectivity index (χ4v) is 3.67. The predicted molar refractivity (Wildman–Crippen MR) is 76.6 cm³/mol. The minimum atomic E-state index is -1.06. The smallest absolute Gasteiger partial charge is 0.334 e. The third kappa shape index (κ3) is 2.82. The van der Waals surface area contributed by atoms with Crippen LogP contribution in [-0.4, -0.2) is 54.8 Å². The number of halogens is 1. The van der Waals surface area contributed by atoms with E-state index in [4.69, 9.17) is 14.6 Å². The molecule has 8 heteroatoms. The summed E-state index contributed by atoms with van der Waals surface area (Å²) in [5, 5.41) is 8.96. The molecule has 1 N–H and O–H groups in total. The molecule has 1 aliphatic heterocycles. The summed E-state index contributed by atoms with van der Waals surface area (Å²) in [5.74, 6) is -0.788. The zero-order chi connectivity index (χ0) is 14.9. The van der Waals surface area contributed by atoms with Gasteiger partial charge in [-0.1, -0.05) is 0 Å². The summed E-state index contributed by atoms with van der Waals surface area (Å²) in [5.41, 5.74) is 0. The highest BCUT2D eigenvalue weighted by Crippen LogP contribution is 2.39. The fourth-order valence-electron chi connectivity index (χ4n) is 1.95. The van der Waals surface area contributed by atoms with Gasteiger partial charge in [0.1, 0.15) is 4.88 Å². The van der Waals surface area contributed by atoms with E-state index < -0.39 is 12.1 Å². The highest BCUT2D eigenvalue weighted by Gasteiger charge is 2.32. The number of thiophene rings is 1. The Morgan fingerprint density at radius 2 is 2.25 bits per heavy atom. The standard InChI is InChI=1S/C12H14BrNO5S/c1-6-8(13)9(18-2)10(20-6)11(15)14-3-4-19-7(5-14)12(16)17/h7H,3-5H2,1-2H3,(H,16,17)/t7-/m1/s1. The van der Waals surface area contributed by atoms with E-state index in [1.54, 1.807) is 0 Å². The van der Waals surface area contributed by atoms with Gasteiger partial charge in [-0.3, -0.25) is 4.79 Å². The van der Waals surface area contributed by atoms with Gasteiger partial charge in [-0.2, -0.15) is 0 Å². The number of aliphatic carboxylic acids is 1. The monoisotopic (exact) mass is 363 g/mol. The van der Waals surface area contributed by atoms with Gasteiger partial charge in [0.2, 0.25) is 0 Å². The van der Waals surface area contributed by atoms with E-state index in [-0.39, 0.29) is 19.1 Å². The second kappa shape index (κ2) is 6.11. The van der Waals surface area contributed by atoms with E-state index >= 15 is 0 Å². The molecule has 1 aromatic heterocycles. The van der Waals surface area contributed by atoms with Gasteiger partial charge >= 0.3 is 5.97 Å². The first-order valence-electron chi connectivity index (χ1n) is 5.92. The number of ether oxygens (including phenoxy) is 2. The molecule has 0 radical (unpaired) electrons. The van der Waals surface area contributed by atoms with Crippen LogP contribution in [0.2, 0.25) is 0 Å². The lowest BCUT2D eigenvalue weighted by molar-refractivity contribution is -0.154. The Morgan fingerprint density at radius 1 is 1.55 bits per heavy atom. The molecule has 110 valence electrons. The van der Waals surface area contributed by atoms with Crippen molar-refractivity contribution < 1.29 is 24.2 Å². The lowest BCUT2D eigenvalue weighted by Crippen LogP contribution is -2.48. The van der Waals surface area contributed by atoms with Gasteiger partial charge < -0.3 is 19.5 Å². The largest absolute Gasteiger partial charge is 0.494 e. The molecule has 1 aromatic rings. The molecular formula is C12H14BrNO5S. The van der Waals surface area contributed by atoms with Gasteiger partial charge in [-0.25, -0.2) is 4.79 Å². The van der Waals surface area contributed by atoms with E-state index in [1.807, 2.05) is 6.92 Å². The number of carbonyl (C=O) groups excluding carboxylic acids is 1. The maximum atomic E-state index is 12.5. The first-order chi connectivity index (χ1) is 9.45. The van der Waals surface area contributed by atoms with Crippen LogP contribution < -0.4 is 4.74 Å². The quantitative estimate of drug-likeness (QED) is 0.885. The zero-order valence-corrected chi connectivity index (χ0v) is 13.4. The Labute approximate surface area is 128 Å². The fraction of sp³-hybridized carbons (Fsp3) is 0.500. The number of hydrogen-bond acceptors (Lipinski definition) is 5. The van der Waals surface area contributed by atoms with Gasteiger partial charge in [-0.05, 0) is 22.9 Å². The summed E-state index contributed by atoms with van der Waals surface area (Å²) in [7, 11) is 1.50. The molecule has 0 unspecified atom stereocenters. The Bertz CT molecular complexity index is 544. The first-order valence-corrected chi connectivity index (χ1v) is 7.53. The van der Waals surface area contributed by atoms with Crippen LogP contribution in [0.15, 0.2) is 4.47 Å². The van der Waals surface area contributed by atoms with Crippen LogP contribution in [0, 0.1) is 6.92 Å². The molecule has 2 heterocycles. The summed E-state index contributed by atoms with van der Waals surface area (Å²) >= 11 is 4.71. The highest BCUT2D eigenvalue weighted by molar-refractivity contribution is 9.10. The minimum Gasteiger partial charge on any atom is -0.494 e. The van der Waals surface area contributed by atoms with Crippen molar-refractivity contribution in [3.05, 3.63) is 14.2 Å². The molecule has 0 bridgehead atoms. The summed E-state index contributed by atoms with van der Waals surface area (Å²) < 4.78 is 11.1. The molecule has 0 spiro atoms. The minimum absolute atomic E-state index is 0.0475. The van der Waals surface area contributed by atoms with Crippen molar-refractivity contribution in [2.75, 3.05) is 26.8 Å². The van der Waals surface area contributed by atoms with Crippen LogP contribution in [0.4, 0.5) is 0 Å². The van der Waals surface area contributed by atoms with Crippen LogP contribution in [0.1, 0.15) is 14.5 Å². The van der Waals surface area contributed by atoms with Crippen molar-refractivity contribution in [3.8, 4) is 5.75 Å². The van der Waals surface area contributed by atoms with Crippen molar-refractivity contribution in [1.82, 2.24) is 4.90 Å². The number of aryl methyl sites for hydroxylation is 1. The SMILES string of the molecule is COc1c(C(=O)N2CCO[C@@H](C(=O)O)C2)sc(C)c1Br. The third-order valence-corrected chi connectivity index (χ3v) is 5.29. The topological polar surface area (TPSA) is 76.1 Å². The molecule has 1 fully saturated rings. The lowest BCUT2D eigenvalue weighted by atomic mass is 10.2. The number of carboxylic acid groups (broad SMARTS) is 1. The van der Waals surface area contributed by atoms with Crippen molar-refractivity contribution in [2.45, 2.75) is 13.0 Å². The Morgan fingerprint density at radius 3 is 2.85 bits per heavy atom. The van der Waals surface area contributed by atoms with Gasteiger partial charge in [0.15, 0.2) is 11.9 Å². The first kappa shape index (κ1) is 15.3. The van der Waals surface area contributed by atoms with Crippen LogP contribution in [-0.2, 0) is 9.53 Å². The predicted octanol–water partition coefficient (Wildman–Crippen LogP) is 1.75. The number of nitrogens with zero attached hydrogens (tertiary/aromatic N) is 1. The normalized spacial score (nSPS) is 18.9. The van der Waals surface area contributed by atoms with Crippen molar-refractivity contribution in [3.63, 3.8) is 0 Å². The highest BCUT2D eigenvalue weighted by atomic mass is 79.9. The number of rotatable bonds is 3. The Balaban J connectivity index is 2.23. The molecule has 2 rings (SSSR count).